The Morgan fingerprint density at radius 2 is 2.14 bits per heavy atom. The molecule has 0 spiro atoms. The number of piperidine rings is 1. The van der Waals surface area contributed by atoms with Gasteiger partial charge in [-0.05, 0) is 49.6 Å². The average Bonchev–Trinajstić information content (AvgIpc) is 2.73. The van der Waals surface area contributed by atoms with Gasteiger partial charge in [-0.15, -0.1) is 0 Å². The molecule has 4 rings (SSSR count). The van der Waals surface area contributed by atoms with Crippen molar-refractivity contribution in [1.82, 2.24) is 14.3 Å². The molecule has 144 valence electrons. The molecular formula is C22H23N3O3. The molecule has 1 atom stereocenters. The summed E-state index contributed by atoms with van der Waals surface area (Å²) in [5.41, 5.74) is 1.48. The molecule has 0 aliphatic carbocycles. The number of aryl methyl sites for hydroxylation is 1. The highest BCUT2D eigenvalue weighted by atomic mass is 16.5. The number of carbonyl (C=O) groups is 1. The lowest BCUT2D eigenvalue weighted by Gasteiger charge is -2.32. The summed E-state index contributed by atoms with van der Waals surface area (Å²) in [5.74, 6) is 0.839. The molecule has 0 unspecified atom stereocenters. The summed E-state index contributed by atoms with van der Waals surface area (Å²) >= 11 is 0. The first-order valence-electron chi connectivity index (χ1n) is 9.57. The largest absolute Gasteiger partial charge is 0.493 e. The molecule has 1 amide bonds. The Morgan fingerprint density at radius 1 is 1.25 bits per heavy atom. The number of aromatic nitrogens is 2. The molecular weight excluding hydrogens is 354 g/mol. The van der Waals surface area contributed by atoms with E-state index in [1.165, 1.54) is 10.6 Å². The first-order chi connectivity index (χ1) is 13.6. The van der Waals surface area contributed by atoms with Gasteiger partial charge in [-0.1, -0.05) is 18.2 Å². The van der Waals surface area contributed by atoms with Gasteiger partial charge in [-0.3, -0.25) is 14.0 Å². The van der Waals surface area contributed by atoms with Crippen molar-refractivity contribution < 1.29 is 9.53 Å². The molecule has 6 heteroatoms. The lowest BCUT2D eigenvalue weighted by molar-refractivity contribution is 0.0631. The number of carbonyl (C=O) groups excluding carboxylic acids is 1. The summed E-state index contributed by atoms with van der Waals surface area (Å²) < 4.78 is 7.34. The molecule has 1 saturated heterocycles. The average molecular weight is 377 g/mol. The summed E-state index contributed by atoms with van der Waals surface area (Å²) in [4.78, 5) is 31.7. The molecule has 1 aromatic carbocycles. The van der Waals surface area contributed by atoms with Gasteiger partial charge in [0.2, 0.25) is 0 Å². The number of fused-ring (bicyclic) bond motifs is 1. The minimum Gasteiger partial charge on any atom is -0.493 e. The summed E-state index contributed by atoms with van der Waals surface area (Å²) in [7, 11) is 0. The lowest BCUT2D eigenvalue weighted by Crippen LogP contribution is -2.43. The SMILES string of the molecule is Cc1cccc(OC[C@H]2CCCN(C(=O)c3cnc4ccccn4c3=O)C2)c1. The van der Waals surface area contributed by atoms with E-state index in [1.54, 1.807) is 23.2 Å². The van der Waals surface area contributed by atoms with E-state index in [1.807, 2.05) is 37.3 Å². The number of hydrogen-bond acceptors (Lipinski definition) is 4. The van der Waals surface area contributed by atoms with Gasteiger partial charge in [0.25, 0.3) is 11.5 Å². The van der Waals surface area contributed by atoms with Crippen LogP contribution in [0.25, 0.3) is 5.65 Å². The fourth-order valence-electron chi connectivity index (χ4n) is 3.65. The van der Waals surface area contributed by atoms with Crippen LogP contribution in [0.15, 0.2) is 59.7 Å². The summed E-state index contributed by atoms with van der Waals surface area (Å²) in [6.45, 7) is 3.82. The van der Waals surface area contributed by atoms with Crippen LogP contribution < -0.4 is 10.3 Å². The van der Waals surface area contributed by atoms with Crippen LogP contribution >= 0.6 is 0 Å². The second kappa shape index (κ2) is 7.84. The Hall–Kier alpha value is -3.15. The second-order valence-electron chi connectivity index (χ2n) is 7.29. The molecule has 3 heterocycles. The quantitative estimate of drug-likeness (QED) is 0.701. The van der Waals surface area contributed by atoms with E-state index >= 15 is 0 Å². The number of benzene rings is 1. The normalized spacial score (nSPS) is 16.9. The predicted molar refractivity (Wildman–Crippen MR) is 107 cm³/mol. The van der Waals surface area contributed by atoms with E-state index in [4.69, 9.17) is 4.74 Å². The monoisotopic (exact) mass is 377 g/mol. The second-order valence-corrected chi connectivity index (χ2v) is 7.29. The van der Waals surface area contributed by atoms with E-state index in [9.17, 15) is 9.59 Å². The Labute approximate surface area is 163 Å². The molecule has 1 aliphatic heterocycles. The van der Waals surface area contributed by atoms with Crippen LogP contribution in [0, 0.1) is 12.8 Å². The van der Waals surface area contributed by atoms with Gasteiger partial charge >= 0.3 is 0 Å². The van der Waals surface area contributed by atoms with Crippen LogP contribution in [-0.2, 0) is 0 Å². The Balaban J connectivity index is 1.46. The van der Waals surface area contributed by atoms with Gasteiger partial charge in [0.05, 0.1) is 6.61 Å². The van der Waals surface area contributed by atoms with E-state index < -0.39 is 0 Å². The van der Waals surface area contributed by atoms with Crippen LogP contribution in [0.3, 0.4) is 0 Å². The zero-order valence-electron chi connectivity index (χ0n) is 15.9. The van der Waals surface area contributed by atoms with Crippen molar-refractivity contribution in [1.29, 1.82) is 0 Å². The third-order valence-corrected chi connectivity index (χ3v) is 5.13. The fraction of sp³-hybridized carbons (Fsp3) is 0.318. The van der Waals surface area contributed by atoms with Crippen molar-refractivity contribution in [3.8, 4) is 5.75 Å². The zero-order valence-corrected chi connectivity index (χ0v) is 15.9. The molecule has 6 nitrogen and oxygen atoms in total. The van der Waals surface area contributed by atoms with Gasteiger partial charge in [0.15, 0.2) is 0 Å². The fourth-order valence-corrected chi connectivity index (χ4v) is 3.65. The minimum absolute atomic E-state index is 0.115. The number of nitrogens with zero attached hydrogens (tertiary/aromatic N) is 3. The molecule has 1 fully saturated rings. The first-order valence-corrected chi connectivity index (χ1v) is 9.57. The predicted octanol–water partition coefficient (Wildman–Crippen LogP) is 2.93. The van der Waals surface area contributed by atoms with Crippen molar-refractivity contribution in [3.05, 3.63) is 76.3 Å². The highest BCUT2D eigenvalue weighted by Crippen LogP contribution is 2.20. The van der Waals surface area contributed by atoms with E-state index in [-0.39, 0.29) is 22.9 Å². The van der Waals surface area contributed by atoms with Crippen LogP contribution in [0.4, 0.5) is 0 Å². The first kappa shape index (κ1) is 18.2. The van der Waals surface area contributed by atoms with Crippen LogP contribution in [-0.4, -0.2) is 39.9 Å². The molecule has 0 N–H and O–H groups in total. The summed E-state index contributed by atoms with van der Waals surface area (Å²) in [6, 6.07) is 13.3. The van der Waals surface area contributed by atoms with Crippen molar-refractivity contribution in [2.45, 2.75) is 19.8 Å². The maximum absolute atomic E-state index is 13.0. The van der Waals surface area contributed by atoms with Crippen molar-refractivity contribution in [2.24, 2.45) is 5.92 Å². The maximum atomic E-state index is 13.0. The third kappa shape index (κ3) is 3.76. The smallest absolute Gasteiger partial charge is 0.270 e. The topological polar surface area (TPSA) is 63.9 Å². The molecule has 28 heavy (non-hydrogen) atoms. The molecule has 1 aliphatic rings. The van der Waals surface area contributed by atoms with Crippen LogP contribution in [0.5, 0.6) is 5.75 Å². The van der Waals surface area contributed by atoms with Gasteiger partial charge in [-0.2, -0.15) is 0 Å². The van der Waals surface area contributed by atoms with E-state index in [2.05, 4.69) is 4.98 Å². The molecule has 3 aromatic rings. The van der Waals surface area contributed by atoms with Crippen molar-refractivity contribution in [2.75, 3.05) is 19.7 Å². The highest BCUT2D eigenvalue weighted by molar-refractivity contribution is 5.93. The van der Waals surface area contributed by atoms with E-state index in [0.717, 1.165) is 24.2 Å². The number of hydrogen-bond donors (Lipinski definition) is 0. The number of amides is 1. The summed E-state index contributed by atoms with van der Waals surface area (Å²) in [5, 5.41) is 0. The number of rotatable bonds is 4. The summed E-state index contributed by atoms with van der Waals surface area (Å²) in [6.07, 6.45) is 4.93. The van der Waals surface area contributed by atoms with Gasteiger partial charge in [0.1, 0.15) is 17.0 Å². The molecule has 0 bridgehead atoms. The minimum atomic E-state index is -0.325. The number of ether oxygens (including phenoxy) is 1. The van der Waals surface area contributed by atoms with Gasteiger partial charge in [-0.25, -0.2) is 4.98 Å². The Kier molecular flexibility index (Phi) is 5.10. The van der Waals surface area contributed by atoms with Crippen molar-refractivity contribution >= 4 is 11.6 Å². The number of pyridine rings is 1. The number of likely N-dealkylation sites (tertiary alicyclic amines) is 1. The lowest BCUT2D eigenvalue weighted by atomic mass is 9.98. The Bertz CT molecular complexity index is 1060. The van der Waals surface area contributed by atoms with Crippen molar-refractivity contribution in [3.63, 3.8) is 0 Å². The van der Waals surface area contributed by atoms with E-state index in [0.29, 0.717) is 25.3 Å². The molecule has 0 radical (unpaired) electrons. The third-order valence-electron chi connectivity index (χ3n) is 5.13. The zero-order chi connectivity index (χ0) is 19.5. The molecule has 0 saturated carbocycles. The highest BCUT2D eigenvalue weighted by Gasteiger charge is 2.27. The standard InChI is InChI=1S/C22H23N3O3/c1-16-6-4-8-18(12-16)28-15-17-7-5-10-24(14-17)21(26)19-13-23-20-9-2-3-11-25(20)22(19)27/h2-4,6,8-9,11-13,17H,5,7,10,14-15H2,1H3/t17-/m0/s1. The van der Waals surface area contributed by atoms with Crippen LogP contribution in [0.2, 0.25) is 0 Å². The Morgan fingerprint density at radius 3 is 3.00 bits per heavy atom. The van der Waals surface area contributed by atoms with Gasteiger partial charge < -0.3 is 9.64 Å². The maximum Gasteiger partial charge on any atom is 0.270 e. The molecule has 2 aromatic heterocycles. The van der Waals surface area contributed by atoms with Crippen LogP contribution in [0.1, 0.15) is 28.8 Å². The van der Waals surface area contributed by atoms with Gasteiger partial charge in [0, 0.05) is 31.4 Å².